The van der Waals surface area contributed by atoms with Gasteiger partial charge in [0.15, 0.2) is 0 Å². The summed E-state index contributed by atoms with van der Waals surface area (Å²) < 4.78 is 10.1. The van der Waals surface area contributed by atoms with Gasteiger partial charge in [-0.1, -0.05) is 6.92 Å². The van der Waals surface area contributed by atoms with Gasteiger partial charge in [0.25, 0.3) is 5.91 Å². The van der Waals surface area contributed by atoms with Crippen LogP contribution in [-0.2, 0) is 6.42 Å². The molecule has 0 saturated carbocycles. The third-order valence-corrected chi connectivity index (χ3v) is 3.54. The first-order valence-electron chi connectivity index (χ1n) is 7.32. The van der Waals surface area contributed by atoms with Crippen molar-refractivity contribution in [1.29, 1.82) is 0 Å². The van der Waals surface area contributed by atoms with Gasteiger partial charge in [-0.2, -0.15) is 0 Å². The summed E-state index contributed by atoms with van der Waals surface area (Å²) in [7, 11) is 0. The first-order valence-corrected chi connectivity index (χ1v) is 7.32. The van der Waals surface area contributed by atoms with E-state index in [1.165, 1.54) is 0 Å². The molecule has 0 spiro atoms. The number of aromatic amines is 1. The highest BCUT2D eigenvalue weighted by Gasteiger charge is 2.20. The molecule has 1 amide bonds. The molecule has 0 aliphatic rings. The minimum absolute atomic E-state index is 0.171. The molecule has 0 bridgehead atoms. The Morgan fingerprint density at radius 1 is 1.48 bits per heavy atom. The fraction of sp³-hybridized carbons (Fsp3) is 0.400. The molecule has 1 aromatic carbocycles. The zero-order valence-corrected chi connectivity index (χ0v) is 13.3. The van der Waals surface area contributed by atoms with Crippen molar-refractivity contribution in [1.82, 2.24) is 15.5 Å². The second-order valence-corrected chi connectivity index (χ2v) is 5.24. The van der Waals surface area contributed by atoms with Crippen molar-refractivity contribution in [2.24, 2.45) is 0 Å². The van der Waals surface area contributed by atoms with E-state index in [4.69, 9.17) is 10.5 Å². The minimum atomic E-state index is -0.777. The summed E-state index contributed by atoms with van der Waals surface area (Å²) in [6, 6.07) is 5.15. The summed E-state index contributed by atoms with van der Waals surface area (Å²) >= 11 is 0. The Morgan fingerprint density at radius 3 is 2.83 bits per heavy atom. The molecule has 1 aromatic heterocycles. The van der Waals surface area contributed by atoms with Gasteiger partial charge in [-0.25, -0.2) is 4.79 Å². The maximum absolute atomic E-state index is 11.9. The van der Waals surface area contributed by atoms with E-state index in [1.807, 2.05) is 19.9 Å². The van der Waals surface area contributed by atoms with E-state index in [2.05, 4.69) is 20.0 Å². The quantitative estimate of drug-likeness (QED) is 0.685. The van der Waals surface area contributed by atoms with Crippen LogP contribution < -0.4 is 21.5 Å². The normalized spacial score (nSPS) is 13.3. The van der Waals surface area contributed by atoms with Gasteiger partial charge in [0, 0.05) is 5.69 Å². The van der Waals surface area contributed by atoms with Gasteiger partial charge in [0.2, 0.25) is 5.82 Å². The molecule has 2 rings (SSSR count). The van der Waals surface area contributed by atoms with Crippen LogP contribution in [0.25, 0.3) is 0 Å². The molecule has 23 heavy (non-hydrogen) atoms. The van der Waals surface area contributed by atoms with Crippen LogP contribution in [0.3, 0.4) is 0 Å². The van der Waals surface area contributed by atoms with Gasteiger partial charge >= 0.3 is 5.76 Å². The highest BCUT2D eigenvalue weighted by atomic mass is 16.5. The molecule has 124 valence electrons. The monoisotopic (exact) mass is 320 g/mol. The number of aryl methyl sites for hydroxylation is 1. The number of hydrogen-bond acceptors (Lipinski definition) is 6. The van der Waals surface area contributed by atoms with Crippen molar-refractivity contribution >= 4 is 11.6 Å². The number of nitrogen functional groups attached to an aromatic ring is 1. The maximum atomic E-state index is 11.9. The molecule has 0 fully saturated rings. The summed E-state index contributed by atoms with van der Waals surface area (Å²) in [5, 5.41) is 6.02. The number of carbonyl (C=O) groups excluding carboxylic acids is 1. The molecule has 0 aliphatic heterocycles. The van der Waals surface area contributed by atoms with Crippen LogP contribution in [0.15, 0.2) is 27.5 Å². The SMILES string of the molecule is CCc1cc(OC(C)[C@H](C)NC(=O)c2noc(=O)[nH]2)ccc1N. The first-order chi connectivity index (χ1) is 10.9. The zero-order valence-electron chi connectivity index (χ0n) is 13.3. The molecule has 2 atom stereocenters. The number of ether oxygens (including phenoxy) is 1. The molecule has 8 heteroatoms. The van der Waals surface area contributed by atoms with Gasteiger partial charge in [-0.3, -0.25) is 14.3 Å². The van der Waals surface area contributed by atoms with Gasteiger partial charge in [-0.05, 0) is 49.2 Å². The van der Waals surface area contributed by atoms with Crippen LogP contribution in [0.1, 0.15) is 37.0 Å². The van der Waals surface area contributed by atoms with Crippen LogP contribution >= 0.6 is 0 Å². The Bertz CT molecular complexity index is 737. The lowest BCUT2D eigenvalue weighted by molar-refractivity contribution is 0.0880. The second kappa shape index (κ2) is 6.99. The van der Waals surface area contributed by atoms with E-state index < -0.39 is 11.7 Å². The number of aromatic nitrogens is 2. The van der Waals surface area contributed by atoms with E-state index in [9.17, 15) is 9.59 Å². The number of nitrogens with two attached hydrogens (primary N) is 1. The molecular weight excluding hydrogens is 300 g/mol. The number of nitrogens with one attached hydrogen (secondary N) is 2. The predicted molar refractivity (Wildman–Crippen MR) is 84.4 cm³/mol. The van der Waals surface area contributed by atoms with Crippen molar-refractivity contribution in [2.45, 2.75) is 39.3 Å². The van der Waals surface area contributed by atoms with Gasteiger partial charge in [0.05, 0.1) is 6.04 Å². The lowest BCUT2D eigenvalue weighted by atomic mass is 10.1. The number of anilines is 1. The largest absolute Gasteiger partial charge is 0.489 e. The Hall–Kier alpha value is -2.77. The van der Waals surface area contributed by atoms with Crippen LogP contribution in [-0.4, -0.2) is 28.2 Å². The number of hydrogen-bond donors (Lipinski definition) is 3. The topological polar surface area (TPSA) is 123 Å². The molecule has 1 heterocycles. The highest BCUT2D eigenvalue weighted by molar-refractivity contribution is 5.90. The van der Waals surface area contributed by atoms with E-state index in [0.29, 0.717) is 5.75 Å². The van der Waals surface area contributed by atoms with E-state index in [-0.39, 0.29) is 18.0 Å². The lowest BCUT2D eigenvalue weighted by Gasteiger charge is -2.22. The summed E-state index contributed by atoms with van der Waals surface area (Å²) in [6.07, 6.45) is 0.509. The summed E-state index contributed by atoms with van der Waals surface area (Å²) in [5.41, 5.74) is 7.60. The Kier molecular flexibility index (Phi) is 5.05. The second-order valence-electron chi connectivity index (χ2n) is 5.24. The molecule has 1 unspecified atom stereocenters. The average molecular weight is 320 g/mol. The van der Waals surface area contributed by atoms with Crippen molar-refractivity contribution in [3.63, 3.8) is 0 Å². The molecular formula is C15H20N4O4. The van der Waals surface area contributed by atoms with Gasteiger partial charge in [-0.15, -0.1) is 0 Å². The standard InChI is InChI=1S/C15H20N4O4/c1-4-10-7-11(5-6-12(10)16)22-9(3)8(2)17-14(20)13-18-15(21)23-19-13/h5-9H,4,16H2,1-3H3,(H,17,20)(H,18,19,21)/t8-,9?/m0/s1. The number of amides is 1. The van der Waals surface area contributed by atoms with Gasteiger partial charge in [0.1, 0.15) is 11.9 Å². The molecule has 2 aromatic rings. The number of rotatable bonds is 6. The number of carbonyl (C=O) groups is 1. The summed E-state index contributed by atoms with van der Waals surface area (Å²) in [4.78, 5) is 24.9. The van der Waals surface area contributed by atoms with Crippen molar-refractivity contribution in [3.8, 4) is 5.75 Å². The Morgan fingerprint density at radius 2 is 2.22 bits per heavy atom. The lowest BCUT2D eigenvalue weighted by Crippen LogP contribution is -2.42. The van der Waals surface area contributed by atoms with Crippen molar-refractivity contribution in [2.75, 3.05) is 5.73 Å². The summed E-state index contributed by atoms with van der Waals surface area (Å²) in [6.45, 7) is 5.64. The minimum Gasteiger partial charge on any atom is -0.489 e. The highest BCUT2D eigenvalue weighted by Crippen LogP contribution is 2.21. The number of nitrogens with zero attached hydrogens (tertiary/aromatic N) is 1. The van der Waals surface area contributed by atoms with Crippen LogP contribution in [0.5, 0.6) is 5.75 Å². The zero-order chi connectivity index (χ0) is 17.0. The smallest absolute Gasteiger partial charge is 0.439 e. The number of H-pyrrole nitrogens is 1. The third-order valence-electron chi connectivity index (χ3n) is 3.54. The third kappa shape index (κ3) is 4.12. The van der Waals surface area contributed by atoms with Crippen LogP contribution in [0, 0.1) is 0 Å². The van der Waals surface area contributed by atoms with Crippen LogP contribution in [0.4, 0.5) is 5.69 Å². The fourth-order valence-electron chi connectivity index (χ4n) is 2.00. The Balaban J connectivity index is 1.98. The van der Waals surface area contributed by atoms with Gasteiger partial charge < -0.3 is 15.8 Å². The van der Waals surface area contributed by atoms with Crippen LogP contribution in [0.2, 0.25) is 0 Å². The molecule has 4 N–H and O–H groups in total. The molecule has 0 saturated heterocycles. The molecule has 0 aliphatic carbocycles. The first kappa shape index (κ1) is 16.6. The van der Waals surface area contributed by atoms with E-state index in [1.54, 1.807) is 19.1 Å². The van der Waals surface area contributed by atoms with E-state index in [0.717, 1.165) is 17.7 Å². The molecule has 0 radical (unpaired) electrons. The number of benzene rings is 1. The predicted octanol–water partition coefficient (Wildman–Crippen LogP) is 1.09. The van der Waals surface area contributed by atoms with Crippen molar-refractivity contribution < 1.29 is 14.1 Å². The van der Waals surface area contributed by atoms with E-state index >= 15 is 0 Å². The fourth-order valence-corrected chi connectivity index (χ4v) is 2.00. The Labute approximate surface area is 133 Å². The maximum Gasteiger partial charge on any atom is 0.439 e. The van der Waals surface area contributed by atoms with Crippen molar-refractivity contribution in [3.05, 3.63) is 40.1 Å². The summed E-state index contributed by atoms with van der Waals surface area (Å²) in [5.74, 6) is -0.805. The average Bonchev–Trinajstić information content (AvgIpc) is 2.95. The molecule has 8 nitrogen and oxygen atoms in total.